The third-order valence-electron chi connectivity index (χ3n) is 2.10. The first-order chi connectivity index (χ1) is 6.89. The van der Waals surface area contributed by atoms with Gasteiger partial charge in [0.1, 0.15) is 5.82 Å². The number of thiophene rings is 1. The Balaban J connectivity index is 2.80. The van der Waals surface area contributed by atoms with Crippen molar-refractivity contribution in [3.05, 3.63) is 35.0 Å². The number of hydrogen-bond donors (Lipinski definition) is 0. The number of benzene rings is 1. The molecule has 0 saturated carbocycles. The van der Waals surface area contributed by atoms with E-state index in [1.807, 2.05) is 0 Å². The first-order valence-corrected chi connectivity index (χ1v) is 5.41. The van der Waals surface area contributed by atoms with Crippen LogP contribution in [-0.2, 0) is 5.51 Å². The van der Waals surface area contributed by atoms with E-state index in [0.717, 1.165) is 12.1 Å². The fourth-order valence-corrected chi connectivity index (χ4v) is 3.34. The first-order valence-electron chi connectivity index (χ1n) is 4.18. The maximum Gasteiger partial charge on any atom is 0.600 e. The average Bonchev–Trinajstić information content (AvgIpc) is 2.38. The van der Waals surface area contributed by atoms with Crippen molar-refractivity contribution in [2.75, 3.05) is 0 Å². The molecule has 0 bridgehead atoms. The second kappa shape index (κ2) is 3.20. The molecule has 0 N–H and O–H groups in total. The molecule has 0 aliphatic heterocycles. The van der Waals surface area contributed by atoms with Crippen LogP contribution in [-0.4, -0.2) is 0 Å². The van der Waals surface area contributed by atoms with E-state index in [4.69, 9.17) is 0 Å². The zero-order chi connectivity index (χ0) is 11.2. The van der Waals surface area contributed by atoms with Gasteiger partial charge in [0.25, 0.3) is 0 Å². The van der Waals surface area contributed by atoms with Crippen molar-refractivity contribution in [1.29, 1.82) is 0 Å². The van der Waals surface area contributed by atoms with Crippen LogP contribution in [0.5, 0.6) is 0 Å². The van der Waals surface area contributed by atoms with Crippen molar-refractivity contribution >= 4 is 20.6 Å². The Morgan fingerprint density at radius 3 is 2.40 bits per heavy atom. The number of rotatable bonds is 0. The van der Waals surface area contributed by atoms with Gasteiger partial charge in [-0.25, -0.2) is 4.39 Å². The summed E-state index contributed by atoms with van der Waals surface area (Å²) in [6.45, 7) is 1.43. The number of hydrogen-bond acceptors (Lipinski definition) is 0. The fraction of sp³-hybridized carbons (Fsp3) is 0.200. The molecule has 15 heavy (non-hydrogen) atoms. The van der Waals surface area contributed by atoms with Crippen LogP contribution in [0.1, 0.15) is 4.88 Å². The van der Waals surface area contributed by atoms with Crippen molar-refractivity contribution in [1.82, 2.24) is 0 Å². The highest BCUT2D eigenvalue weighted by Gasteiger charge is 2.46. The van der Waals surface area contributed by atoms with E-state index in [1.54, 1.807) is 0 Å². The molecule has 0 aliphatic rings. The van der Waals surface area contributed by atoms with E-state index in [2.05, 4.69) is 0 Å². The van der Waals surface area contributed by atoms with Crippen molar-refractivity contribution < 1.29 is 17.6 Å². The molecule has 2 aromatic rings. The molecule has 5 heteroatoms. The minimum Gasteiger partial charge on any atom is -0.207 e. The summed E-state index contributed by atoms with van der Waals surface area (Å²) >= 11 is 0. The summed E-state index contributed by atoms with van der Waals surface area (Å²) in [5, 5.41) is 0.341. The van der Waals surface area contributed by atoms with Gasteiger partial charge in [-0.15, -0.1) is 13.2 Å². The third-order valence-corrected chi connectivity index (χ3v) is 4.14. The first kappa shape index (κ1) is 10.4. The summed E-state index contributed by atoms with van der Waals surface area (Å²) in [6.07, 6.45) is 0. The molecule has 80 valence electrons. The Hall–Kier alpha value is -1.10. The maximum atomic E-state index is 12.8. The molecule has 0 amide bonds. The molecule has 0 nitrogen and oxygen atoms in total. The number of fused-ring (bicyclic) bond motifs is 1. The van der Waals surface area contributed by atoms with Crippen LogP contribution in [0, 0.1) is 12.7 Å². The molecule has 1 atom stereocenters. The summed E-state index contributed by atoms with van der Waals surface area (Å²) in [5.41, 5.74) is -4.27. The quantitative estimate of drug-likeness (QED) is 0.465. The molecule has 1 aromatic heterocycles. The van der Waals surface area contributed by atoms with E-state index >= 15 is 0 Å². The van der Waals surface area contributed by atoms with Gasteiger partial charge in [0.15, 0.2) is 9.58 Å². The summed E-state index contributed by atoms with van der Waals surface area (Å²) in [5.74, 6) is -0.509. The monoisotopic (exact) mass is 235 g/mol. The Kier molecular flexibility index (Phi) is 2.22. The van der Waals surface area contributed by atoms with Gasteiger partial charge in [-0.2, -0.15) is 0 Å². The Labute approximate surface area is 86.1 Å². The number of alkyl halides is 3. The predicted octanol–water partition coefficient (Wildman–Crippen LogP) is 4.51. The van der Waals surface area contributed by atoms with Crippen LogP contribution >= 0.6 is 10.5 Å². The number of halogens is 4. The number of aryl methyl sites for hydroxylation is 1. The summed E-state index contributed by atoms with van der Waals surface area (Å²) < 4.78 is 51.0. The van der Waals surface area contributed by atoms with Gasteiger partial charge in [0.05, 0.1) is 10.5 Å². The highest BCUT2D eigenvalue weighted by molar-refractivity contribution is 7.38. The molecule has 1 unspecified atom stereocenters. The molecule has 1 aromatic carbocycles. The Bertz CT molecular complexity index is 510. The fourth-order valence-electron chi connectivity index (χ4n) is 1.58. The highest BCUT2D eigenvalue weighted by atomic mass is 32.2. The van der Waals surface area contributed by atoms with Gasteiger partial charge in [-0.1, -0.05) is 0 Å². The lowest BCUT2D eigenvalue weighted by molar-refractivity contribution is -0.0867. The van der Waals surface area contributed by atoms with Crippen molar-refractivity contribution in [2.24, 2.45) is 0 Å². The molecule has 0 fully saturated rings. The van der Waals surface area contributed by atoms with Crippen molar-refractivity contribution in [3.8, 4) is 0 Å². The van der Waals surface area contributed by atoms with E-state index < -0.39 is 21.8 Å². The zero-order valence-electron chi connectivity index (χ0n) is 7.73. The van der Waals surface area contributed by atoms with Crippen LogP contribution in [0.15, 0.2) is 24.3 Å². The van der Waals surface area contributed by atoms with E-state index in [1.165, 1.54) is 19.1 Å². The van der Waals surface area contributed by atoms with E-state index in [-0.39, 0.29) is 9.58 Å². The van der Waals surface area contributed by atoms with E-state index in [0.29, 0.717) is 5.39 Å². The lowest BCUT2D eigenvalue weighted by atomic mass is 10.2. The normalized spacial score (nSPS) is 13.5. The summed E-state index contributed by atoms with van der Waals surface area (Å²) in [6, 6.07) is 4.82. The molecule has 0 radical (unpaired) electrons. The minimum atomic E-state index is -4.27. The van der Waals surface area contributed by atoms with Crippen molar-refractivity contribution in [2.45, 2.75) is 12.4 Å². The van der Waals surface area contributed by atoms with Crippen LogP contribution in [0.3, 0.4) is 0 Å². The van der Waals surface area contributed by atoms with Gasteiger partial charge in [0.2, 0.25) is 0 Å². The van der Waals surface area contributed by atoms with Gasteiger partial charge >= 0.3 is 5.51 Å². The van der Waals surface area contributed by atoms with E-state index in [9.17, 15) is 17.6 Å². The molecule has 1 heterocycles. The maximum absolute atomic E-state index is 12.8. The van der Waals surface area contributed by atoms with Crippen LogP contribution < -0.4 is 0 Å². The van der Waals surface area contributed by atoms with Gasteiger partial charge in [-0.05, 0) is 12.1 Å². The van der Waals surface area contributed by atoms with Crippen LogP contribution in [0.4, 0.5) is 17.6 Å². The van der Waals surface area contributed by atoms with Crippen LogP contribution in [0.2, 0.25) is 0 Å². The summed E-state index contributed by atoms with van der Waals surface area (Å²) in [7, 11) is -1.88. The molecule has 2 rings (SSSR count). The molecule has 0 saturated heterocycles. The average molecular weight is 235 g/mol. The van der Waals surface area contributed by atoms with Crippen LogP contribution in [0.25, 0.3) is 10.1 Å². The zero-order valence-corrected chi connectivity index (χ0v) is 8.55. The van der Waals surface area contributed by atoms with Gasteiger partial charge in [-0.3, -0.25) is 0 Å². The second-order valence-corrected chi connectivity index (χ2v) is 5.35. The standard InChI is InChI=1S/C10H7F4S/c1-6-4-7-5-8(11)2-3-9(7)15(6)10(12,13)14/h2-5H,1H3/q+1. The summed E-state index contributed by atoms with van der Waals surface area (Å²) in [4.78, 5) is 0.239. The SMILES string of the molecule is Cc1cc2cc(F)ccc2[s+]1C(F)(F)F. The molecule has 0 aliphatic carbocycles. The third kappa shape index (κ3) is 1.71. The second-order valence-electron chi connectivity index (χ2n) is 3.19. The molecular formula is C10H7F4S+. The Morgan fingerprint density at radius 1 is 1.13 bits per heavy atom. The smallest absolute Gasteiger partial charge is 0.207 e. The van der Waals surface area contributed by atoms with Gasteiger partial charge in [0, 0.05) is 24.4 Å². The minimum absolute atomic E-state index is 0.168. The van der Waals surface area contributed by atoms with Crippen molar-refractivity contribution in [3.63, 3.8) is 0 Å². The largest absolute Gasteiger partial charge is 0.600 e. The lowest BCUT2D eigenvalue weighted by Gasteiger charge is -1.96. The van der Waals surface area contributed by atoms with Gasteiger partial charge < -0.3 is 0 Å². The topological polar surface area (TPSA) is 0 Å². The molecule has 0 spiro atoms. The predicted molar refractivity (Wildman–Crippen MR) is 52.4 cm³/mol. The highest BCUT2D eigenvalue weighted by Crippen LogP contribution is 2.50. The molecular weight excluding hydrogens is 228 g/mol. The lowest BCUT2D eigenvalue weighted by Crippen LogP contribution is -1.96. The Morgan fingerprint density at radius 2 is 1.80 bits per heavy atom.